The van der Waals surface area contributed by atoms with E-state index in [1.54, 1.807) is 9.58 Å². The summed E-state index contributed by atoms with van der Waals surface area (Å²) in [5.41, 5.74) is 6.21. The standard InChI is InChI=1S/C30H40N6O4Si/c1-18(2)41(19(3)4,20(5)6)39-17-25-16-35(34-33-25)29-11-9-23(14-32-29)22-8-10-26-24(12-22)13-27-28(15-31-21(7)37)40-30(38)36(26)27/h8-12,14,16,18-20,27-28H,13,15,17H2,1-7H3,(H,31,37)/t27-,28+/m1/s1. The largest absolute Gasteiger partial charge is 0.442 e. The first-order chi connectivity index (χ1) is 19.5. The molecule has 5 rings (SSSR count). The molecular formula is C30H40N6O4Si. The molecule has 11 heteroatoms. The molecule has 1 aromatic carbocycles. The average molecular weight is 577 g/mol. The predicted octanol–water partition coefficient (Wildman–Crippen LogP) is 5.41. The number of benzene rings is 1. The van der Waals surface area contributed by atoms with Crippen molar-refractivity contribution < 1.29 is 18.8 Å². The fourth-order valence-electron chi connectivity index (χ4n) is 6.74. The second-order valence-electron chi connectivity index (χ2n) is 12.0. The van der Waals surface area contributed by atoms with Gasteiger partial charge in [-0.15, -0.1) is 5.10 Å². The zero-order valence-corrected chi connectivity index (χ0v) is 25.9. The molecule has 0 radical (unpaired) electrons. The minimum absolute atomic E-state index is 0.125. The number of hydrogen-bond acceptors (Lipinski definition) is 7. The Bertz CT molecular complexity index is 1400. The monoisotopic (exact) mass is 576 g/mol. The molecule has 0 saturated carbocycles. The lowest BCUT2D eigenvalue weighted by atomic mass is 10.0. The number of hydrogen-bond donors (Lipinski definition) is 1. The number of fused-ring (bicyclic) bond motifs is 3. The van der Waals surface area contributed by atoms with Gasteiger partial charge >= 0.3 is 6.09 Å². The maximum Gasteiger partial charge on any atom is 0.415 e. The summed E-state index contributed by atoms with van der Waals surface area (Å²) in [6.45, 7) is 15.9. The molecule has 2 aliphatic heterocycles. The van der Waals surface area contributed by atoms with Gasteiger partial charge in [0, 0.05) is 18.7 Å². The summed E-state index contributed by atoms with van der Waals surface area (Å²) in [6, 6.07) is 9.87. The van der Waals surface area contributed by atoms with Crippen molar-refractivity contribution in [2.45, 2.75) is 90.3 Å². The molecule has 10 nitrogen and oxygen atoms in total. The predicted molar refractivity (Wildman–Crippen MR) is 159 cm³/mol. The molecule has 0 spiro atoms. The summed E-state index contributed by atoms with van der Waals surface area (Å²) in [5.74, 6) is 0.536. The molecule has 1 fully saturated rings. The first kappa shape index (κ1) is 28.9. The van der Waals surface area contributed by atoms with Gasteiger partial charge in [-0.05, 0) is 58.4 Å². The minimum Gasteiger partial charge on any atom is -0.442 e. The summed E-state index contributed by atoms with van der Waals surface area (Å²) in [5, 5.41) is 11.4. The molecule has 2 aliphatic rings. The van der Waals surface area contributed by atoms with Crippen molar-refractivity contribution in [3.63, 3.8) is 0 Å². The maximum atomic E-state index is 12.5. The second kappa shape index (κ2) is 11.4. The topological polar surface area (TPSA) is 111 Å². The van der Waals surface area contributed by atoms with E-state index in [9.17, 15) is 9.59 Å². The van der Waals surface area contributed by atoms with Crippen LogP contribution in [-0.2, 0) is 27.0 Å². The van der Waals surface area contributed by atoms with Crippen LogP contribution in [-0.4, -0.2) is 59.0 Å². The third-order valence-corrected chi connectivity index (χ3v) is 14.6. The second-order valence-corrected chi connectivity index (χ2v) is 17.5. The van der Waals surface area contributed by atoms with Crippen LogP contribution >= 0.6 is 0 Å². The normalized spacial score (nSPS) is 18.3. The van der Waals surface area contributed by atoms with Crippen LogP contribution in [0.15, 0.2) is 42.7 Å². The van der Waals surface area contributed by atoms with E-state index >= 15 is 0 Å². The highest BCUT2D eigenvalue weighted by Gasteiger charge is 2.47. The number of ether oxygens (including phenoxy) is 1. The molecule has 1 N–H and O–H groups in total. The Labute approximate surface area is 242 Å². The number of cyclic esters (lactones) is 1. The fraction of sp³-hybridized carbons (Fsp3) is 0.500. The number of carbonyl (C=O) groups excluding carboxylic acids is 2. The highest BCUT2D eigenvalue weighted by molar-refractivity contribution is 6.77. The molecule has 2 amide bonds. The Balaban J connectivity index is 1.28. The number of carbonyl (C=O) groups is 2. The van der Waals surface area contributed by atoms with Crippen LogP contribution in [0.5, 0.6) is 0 Å². The average Bonchev–Trinajstić information content (AvgIpc) is 3.62. The molecular weight excluding hydrogens is 536 g/mol. The van der Waals surface area contributed by atoms with Gasteiger partial charge in [0.2, 0.25) is 14.2 Å². The van der Waals surface area contributed by atoms with E-state index in [1.807, 2.05) is 36.7 Å². The fourth-order valence-corrected chi connectivity index (χ4v) is 12.1. The summed E-state index contributed by atoms with van der Waals surface area (Å²) in [4.78, 5) is 30.3. The van der Waals surface area contributed by atoms with E-state index in [2.05, 4.69) is 68.2 Å². The number of aromatic nitrogens is 4. The van der Waals surface area contributed by atoms with Gasteiger partial charge in [-0.3, -0.25) is 9.69 Å². The van der Waals surface area contributed by atoms with Crippen molar-refractivity contribution in [2.75, 3.05) is 11.4 Å². The molecule has 41 heavy (non-hydrogen) atoms. The molecule has 4 heterocycles. The smallest absolute Gasteiger partial charge is 0.415 e. The van der Waals surface area contributed by atoms with Gasteiger partial charge in [-0.2, -0.15) is 0 Å². The summed E-state index contributed by atoms with van der Waals surface area (Å²) in [6.07, 6.45) is 3.64. The first-order valence-electron chi connectivity index (χ1n) is 14.4. The number of nitrogens with zero attached hydrogens (tertiary/aromatic N) is 5. The van der Waals surface area contributed by atoms with E-state index < -0.39 is 8.32 Å². The van der Waals surface area contributed by atoms with Crippen LogP contribution < -0.4 is 10.2 Å². The molecule has 1 saturated heterocycles. The lowest BCUT2D eigenvalue weighted by Crippen LogP contribution is -2.47. The van der Waals surface area contributed by atoms with Gasteiger partial charge < -0.3 is 14.5 Å². The Morgan fingerprint density at radius 2 is 1.80 bits per heavy atom. The number of rotatable bonds is 10. The lowest BCUT2D eigenvalue weighted by Gasteiger charge is -2.41. The van der Waals surface area contributed by atoms with Crippen molar-refractivity contribution in [1.82, 2.24) is 25.3 Å². The van der Waals surface area contributed by atoms with Gasteiger partial charge in [-0.25, -0.2) is 14.5 Å². The van der Waals surface area contributed by atoms with Crippen LogP contribution in [0.25, 0.3) is 16.9 Å². The van der Waals surface area contributed by atoms with E-state index in [4.69, 9.17) is 9.16 Å². The first-order valence-corrected chi connectivity index (χ1v) is 16.5. The van der Waals surface area contributed by atoms with Crippen molar-refractivity contribution >= 4 is 26.0 Å². The quantitative estimate of drug-likeness (QED) is 0.321. The zero-order chi connectivity index (χ0) is 29.5. The zero-order valence-electron chi connectivity index (χ0n) is 24.9. The highest BCUT2D eigenvalue weighted by Crippen LogP contribution is 2.43. The summed E-state index contributed by atoms with van der Waals surface area (Å²) in [7, 11) is -1.99. The number of pyridine rings is 1. The van der Waals surface area contributed by atoms with E-state index in [1.165, 1.54) is 6.92 Å². The van der Waals surface area contributed by atoms with Gasteiger partial charge in [0.15, 0.2) is 5.82 Å². The van der Waals surface area contributed by atoms with Crippen LogP contribution in [0.2, 0.25) is 16.6 Å². The van der Waals surface area contributed by atoms with Gasteiger partial charge in [0.1, 0.15) is 11.8 Å². The van der Waals surface area contributed by atoms with Gasteiger partial charge in [-0.1, -0.05) is 52.8 Å². The van der Waals surface area contributed by atoms with Crippen molar-refractivity contribution in [2.24, 2.45) is 0 Å². The third-order valence-electron chi connectivity index (χ3n) is 8.56. The van der Waals surface area contributed by atoms with E-state index in [-0.39, 0.29) is 24.1 Å². The van der Waals surface area contributed by atoms with Crippen LogP contribution in [0.1, 0.15) is 59.7 Å². The van der Waals surface area contributed by atoms with Gasteiger partial charge in [0.05, 0.1) is 31.1 Å². The minimum atomic E-state index is -1.99. The number of anilines is 1. The summed E-state index contributed by atoms with van der Waals surface area (Å²) >= 11 is 0. The Kier molecular flexibility index (Phi) is 8.02. The number of nitrogens with one attached hydrogen (secondary N) is 1. The molecule has 2 aromatic heterocycles. The highest BCUT2D eigenvalue weighted by atomic mass is 28.4. The molecule has 0 aliphatic carbocycles. The Hall–Kier alpha value is -3.57. The molecule has 2 atom stereocenters. The van der Waals surface area contributed by atoms with Crippen LogP contribution in [0, 0.1) is 0 Å². The maximum absolute atomic E-state index is 12.5. The summed E-state index contributed by atoms with van der Waals surface area (Å²) < 4.78 is 13.9. The Morgan fingerprint density at radius 1 is 1.10 bits per heavy atom. The third kappa shape index (κ3) is 5.40. The lowest BCUT2D eigenvalue weighted by molar-refractivity contribution is -0.119. The Morgan fingerprint density at radius 3 is 2.44 bits per heavy atom. The molecule has 0 bridgehead atoms. The van der Waals surface area contributed by atoms with Crippen molar-refractivity contribution in [3.05, 3.63) is 54.0 Å². The van der Waals surface area contributed by atoms with Crippen LogP contribution in [0.3, 0.4) is 0 Å². The van der Waals surface area contributed by atoms with E-state index in [0.717, 1.165) is 28.1 Å². The molecule has 0 unspecified atom stereocenters. The van der Waals surface area contributed by atoms with Crippen molar-refractivity contribution in [1.29, 1.82) is 0 Å². The van der Waals surface area contributed by atoms with Crippen LogP contribution in [0.4, 0.5) is 10.5 Å². The van der Waals surface area contributed by atoms with Crippen molar-refractivity contribution in [3.8, 4) is 16.9 Å². The molecule has 218 valence electrons. The van der Waals surface area contributed by atoms with E-state index in [0.29, 0.717) is 42.0 Å². The van der Waals surface area contributed by atoms with Gasteiger partial charge in [0.25, 0.3) is 0 Å². The number of amides is 2. The SMILES string of the molecule is CC(=O)NC[C@@H]1OC(=O)N2c3ccc(-c4ccc(-n5cc(CO[Si](C(C)C)(C(C)C)C(C)C)nn5)nc4)cc3C[C@H]12. The molecule has 3 aromatic rings.